The van der Waals surface area contributed by atoms with Crippen LogP contribution in [0.3, 0.4) is 0 Å². The van der Waals surface area contributed by atoms with Crippen LogP contribution in [-0.2, 0) is 4.79 Å². The van der Waals surface area contributed by atoms with E-state index in [1.165, 1.54) is 13.4 Å². The minimum Gasteiger partial charge on any atom is -0.497 e. The van der Waals surface area contributed by atoms with E-state index >= 15 is 0 Å². The van der Waals surface area contributed by atoms with E-state index in [1.54, 1.807) is 30.3 Å². The average Bonchev–Trinajstić information content (AvgIpc) is 3.13. The molecule has 0 saturated carbocycles. The standard InChI is InChI=1S/C20H14O7/c1-23-10-2-3-15-13(4-10)20(22)14(8-24-15)11-6-19(21)27-16-7-18-17(5-12(11)16)25-9-26-18/h2-5,7-8,11H,6,9H2,1H3. The fraction of sp³-hybridized carbons (Fsp3) is 0.200. The second-order valence-electron chi connectivity index (χ2n) is 6.36. The van der Waals surface area contributed by atoms with E-state index in [-0.39, 0.29) is 18.6 Å². The number of ether oxygens (including phenoxy) is 4. The molecule has 27 heavy (non-hydrogen) atoms. The Balaban J connectivity index is 1.70. The smallest absolute Gasteiger partial charge is 0.312 e. The van der Waals surface area contributed by atoms with E-state index in [0.29, 0.717) is 45.1 Å². The second-order valence-corrected chi connectivity index (χ2v) is 6.36. The van der Waals surface area contributed by atoms with Gasteiger partial charge in [-0.1, -0.05) is 0 Å². The molecule has 0 amide bonds. The maximum absolute atomic E-state index is 13.1. The summed E-state index contributed by atoms with van der Waals surface area (Å²) in [4.78, 5) is 25.3. The molecule has 1 unspecified atom stereocenters. The van der Waals surface area contributed by atoms with Crippen LogP contribution in [-0.4, -0.2) is 19.9 Å². The Morgan fingerprint density at radius 1 is 1.00 bits per heavy atom. The zero-order chi connectivity index (χ0) is 18.5. The molecule has 0 bridgehead atoms. The predicted molar refractivity (Wildman–Crippen MR) is 93.7 cm³/mol. The van der Waals surface area contributed by atoms with Crippen molar-refractivity contribution in [1.82, 2.24) is 0 Å². The quantitative estimate of drug-likeness (QED) is 0.509. The van der Waals surface area contributed by atoms with Crippen molar-refractivity contribution in [3.63, 3.8) is 0 Å². The van der Waals surface area contributed by atoms with Crippen molar-refractivity contribution in [2.24, 2.45) is 0 Å². The molecular formula is C20H14O7. The lowest BCUT2D eigenvalue weighted by atomic mass is 9.86. The summed E-state index contributed by atoms with van der Waals surface area (Å²) >= 11 is 0. The van der Waals surface area contributed by atoms with Gasteiger partial charge >= 0.3 is 5.97 Å². The summed E-state index contributed by atoms with van der Waals surface area (Å²) in [5.74, 6) is 1.07. The zero-order valence-corrected chi connectivity index (χ0v) is 14.3. The van der Waals surface area contributed by atoms with Gasteiger partial charge in [-0.25, -0.2) is 0 Å². The molecule has 2 aromatic carbocycles. The Hall–Kier alpha value is -3.48. The van der Waals surface area contributed by atoms with Gasteiger partial charge in [0.2, 0.25) is 6.79 Å². The molecule has 3 heterocycles. The lowest BCUT2D eigenvalue weighted by Gasteiger charge is -2.24. The van der Waals surface area contributed by atoms with Gasteiger partial charge in [-0.05, 0) is 24.3 Å². The molecule has 0 spiro atoms. The number of carbonyl (C=O) groups is 1. The van der Waals surface area contributed by atoms with E-state index in [1.807, 2.05) is 0 Å². The first-order valence-corrected chi connectivity index (χ1v) is 8.37. The lowest BCUT2D eigenvalue weighted by molar-refractivity contribution is -0.135. The molecule has 0 saturated heterocycles. The van der Waals surface area contributed by atoms with Crippen LogP contribution in [0.4, 0.5) is 0 Å². The molecule has 7 nitrogen and oxygen atoms in total. The van der Waals surface area contributed by atoms with Crippen LogP contribution < -0.4 is 24.4 Å². The van der Waals surface area contributed by atoms with Gasteiger partial charge in [0, 0.05) is 23.1 Å². The Morgan fingerprint density at radius 3 is 2.63 bits per heavy atom. The van der Waals surface area contributed by atoms with Crippen LogP contribution in [0.25, 0.3) is 11.0 Å². The molecule has 2 aliphatic heterocycles. The maximum Gasteiger partial charge on any atom is 0.312 e. The second kappa shape index (κ2) is 5.77. The van der Waals surface area contributed by atoms with Crippen LogP contribution >= 0.6 is 0 Å². The third kappa shape index (κ3) is 2.43. The lowest BCUT2D eigenvalue weighted by Crippen LogP contribution is -2.24. The number of benzene rings is 2. The summed E-state index contributed by atoms with van der Waals surface area (Å²) in [7, 11) is 1.53. The van der Waals surface area contributed by atoms with Gasteiger partial charge in [0.05, 0.1) is 25.2 Å². The SMILES string of the molecule is COc1ccc2occ(C3CC(=O)Oc4cc5c(cc43)OCO5)c(=O)c2c1. The average molecular weight is 366 g/mol. The number of fused-ring (bicyclic) bond motifs is 3. The van der Waals surface area contributed by atoms with Crippen molar-refractivity contribution in [2.75, 3.05) is 13.9 Å². The van der Waals surface area contributed by atoms with E-state index < -0.39 is 11.9 Å². The Bertz CT molecular complexity index is 1150. The van der Waals surface area contributed by atoms with Crippen molar-refractivity contribution in [2.45, 2.75) is 12.3 Å². The third-order valence-corrected chi connectivity index (χ3v) is 4.86. The van der Waals surface area contributed by atoms with Gasteiger partial charge in [0.25, 0.3) is 0 Å². The molecule has 3 aromatic rings. The highest BCUT2D eigenvalue weighted by Gasteiger charge is 2.33. The van der Waals surface area contributed by atoms with E-state index in [4.69, 9.17) is 23.4 Å². The zero-order valence-electron chi connectivity index (χ0n) is 14.3. The fourth-order valence-corrected chi connectivity index (χ4v) is 3.51. The van der Waals surface area contributed by atoms with Crippen LogP contribution in [0.2, 0.25) is 0 Å². The van der Waals surface area contributed by atoms with E-state index in [2.05, 4.69) is 0 Å². The summed E-state index contributed by atoms with van der Waals surface area (Å²) < 4.78 is 27.0. The van der Waals surface area contributed by atoms with Crippen molar-refractivity contribution < 1.29 is 28.2 Å². The van der Waals surface area contributed by atoms with Crippen LogP contribution in [0.1, 0.15) is 23.5 Å². The molecule has 2 aliphatic rings. The number of hydrogen-bond donors (Lipinski definition) is 0. The third-order valence-electron chi connectivity index (χ3n) is 4.86. The predicted octanol–water partition coefficient (Wildman–Crippen LogP) is 2.97. The van der Waals surface area contributed by atoms with Gasteiger partial charge in [0.15, 0.2) is 16.9 Å². The number of rotatable bonds is 2. The van der Waals surface area contributed by atoms with Crippen LogP contribution in [0, 0.1) is 0 Å². The summed E-state index contributed by atoms with van der Waals surface area (Å²) in [6, 6.07) is 8.41. The van der Waals surface area contributed by atoms with Crippen LogP contribution in [0.15, 0.2) is 45.8 Å². The molecular weight excluding hydrogens is 352 g/mol. The largest absolute Gasteiger partial charge is 0.497 e. The number of carbonyl (C=O) groups excluding carboxylic acids is 1. The first-order chi connectivity index (χ1) is 13.1. The van der Waals surface area contributed by atoms with E-state index in [9.17, 15) is 9.59 Å². The molecule has 0 fully saturated rings. The molecule has 0 N–H and O–H groups in total. The highest BCUT2D eigenvalue weighted by Crippen LogP contribution is 2.45. The fourth-order valence-electron chi connectivity index (χ4n) is 3.51. The molecule has 0 radical (unpaired) electrons. The Morgan fingerprint density at radius 2 is 1.81 bits per heavy atom. The summed E-state index contributed by atoms with van der Waals surface area (Å²) in [5.41, 5.74) is 1.31. The number of methoxy groups -OCH3 is 1. The Labute approximate surface area is 153 Å². The van der Waals surface area contributed by atoms with Crippen molar-refractivity contribution in [1.29, 1.82) is 0 Å². The Kier molecular flexibility index (Phi) is 3.36. The minimum atomic E-state index is -0.498. The van der Waals surface area contributed by atoms with Gasteiger partial charge < -0.3 is 23.4 Å². The summed E-state index contributed by atoms with van der Waals surface area (Å²) in [5, 5.41) is 0.396. The first-order valence-electron chi connectivity index (χ1n) is 8.37. The monoisotopic (exact) mass is 366 g/mol. The van der Waals surface area contributed by atoms with E-state index in [0.717, 1.165) is 0 Å². The van der Waals surface area contributed by atoms with Crippen molar-refractivity contribution in [3.8, 4) is 23.0 Å². The van der Waals surface area contributed by atoms with Gasteiger partial charge in [-0.2, -0.15) is 0 Å². The van der Waals surface area contributed by atoms with Gasteiger partial charge in [-0.15, -0.1) is 0 Å². The highest BCUT2D eigenvalue weighted by molar-refractivity contribution is 5.81. The van der Waals surface area contributed by atoms with Crippen molar-refractivity contribution >= 4 is 16.9 Å². The molecule has 7 heteroatoms. The normalized spacial score (nSPS) is 17.5. The molecule has 1 atom stereocenters. The summed E-state index contributed by atoms with van der Waals surface area (Å²) in [6.45, 7) is 0.106. The molecule has 5 rings (SSSR count). The van der Waals surface area contributed by atoms with Crippen LogP contribution in [0.5, 0.6) is 23.0 Å². The number of hydrogen-bond acceptors (Lipinski definition) is 7. The van der Waals surface area contributed by atoms with Crippen molar-refractivity contribution in [3.05, 3.63) is 57.9 Å². The molecule has 136 valence electrons. The van der Waals surface area contributed by atoms with Gasteiger partial charge in [0.1, 0.15) is 17.1 Å². The number of esters is 1. The summed E-state index contributed by atoms with van der Waals surface area (Å²) in [6.07, 6.45) is 1.45. The highest BCUT2D eigenvalue weighted by atomic mass is 16.7. The minimum absolute atomic E-state index is 0.0346. The molecule has 0 aliphatic carbocycles. The van der Waals surface area contributed by atoms with Gasteiger partial charge in [-0.3, -0.25) is 9.59 Å². The maximum atomic E-state index is 13.1. The first kappa shape index (κ1) is 15.7. The topological polar surface area (TPSA) is 84.2 Å². The molecule has 1 aromatic heterocycles.